The van der Waals surface area contributed by atoms with Crippen LogP contribution < -0.4 is 11.3 Å². The predicted molar refractivity (Wildman–Crippen MR) is 93.5 cm³/mol. The zero-order valence-corrected chi connectivity index (χ0v) is 14.8. The number of carbonyl (C=O) groups is 1. The summed E-state index contributed by atoms with van der Waals surface area (Å²) in [6.45, 7) is 0.226. The van der Waals surface area contributed by atoms with Gasteiger partial charge in [0.2, 0.25) is 0 Å². The highest BCUT2D eigenvalue weighted by molar-refractivity contribution is 9.10. The Bertz CT molecular complexity index is 705. The van der Waals surface area contributed by atoms with Crippen LogP contribution >= 0.6 is 40.7 Å². The molecule has 0 spiro atoms. The summed E-state index contributed by atoms with van der Waals surface area (Å²) >= 11 is 3.35. The fourth-order valence-corrected chi connectivity index (χ4v) is 2.44. The van der Waals surface area contributed by atoms with Crippen LogP contribution in [0.4, 0.5) is 0 Å². The molecular formula is C14H15BrCl2N2O3. The third-order valence-corrected chi connectivity index (χ3v) is 3.50. The number of methoxy groups -OCH3 is 1. The number of hydrogen-bond acceptors (Lipinski definition) is 3. The van der Waals surface area contributed by atoms with E-state index in [1.165, 1.54) is 17.7 Å². The molecule has 2 aromatic rings. The first-order valence-corrected chi connectivity index (χ1v) is 6.64. The van der Waals surface area contributed by atoms with Crippen LogP contribution in [0.1, 0.15) is 16.1 Å². The van der Waals surface area contributed by atoms with Crippen LogP contribution in [0.3, 0.4) is 0 Å². The number of ether oxygens (including phenoxy) is 1. The number of pyridine rings is 1. The van der Waals surface area contributed by atoms with Crippen LogP contribution in [0.5, 0.6) is 0 Å². The van der Waals surface area contributed by atoms with Crippen molar-refractivity contribution >= 4 is 46.7 Å². The minimum Gasteiger partial charge on any atom is -0.378 e. The number of aromatic nitrogens is 1. The van der Waals surface area contributed by atoms with Crippen LogP contribution in [0.2, 0.25) is 0 Å². The highest BCUT2D eigenvalue weighted by Gasteiger charge is 2.17. The molecule has 2 N–H and O–H groups in total. The number of rotatable bonds is 4. The average molecular weight is 410 g/mol. The molecule has 0 aliphatic heterocycles. The summed E-state index contributed by atoms with van der Waals surface area (Å²) in [6.07, 6.45) is 0. The topological polar surface area (TPSA) is 74.3 Å². The van der Waals surface area contributed by atoms with E-state index < -0.39 is 11.5 Å². The summed E-state index contributed by atoms with van der Waals surface area (Å²) in [5.41, 5.74) is 5.99. The van der Waals surface area contributed by atoms with Gasteiger partial charge in [-0.05, 0) is 34.1 Å². The molecule has 1 aromatic carbocycles. The van der Waals surface area contributed by atoms with Gasteiger partial charge in [0.05, 0.1) is 12.3 Å². The van der Waals surface area contributed by atoms with Crippen LogP contribution in [0.25, 0.3) is 5.69 Å². The highest BCUT2D eigenvalue weighted by Crippen LogP contribution is 2.20. The van der Waals surface area contributed by atoms with Crippen LogP contribution in [0, 0.1) is 0 Å². The summed E-state index contributed by atoms with van der Waals surface area (Å²) in [7, 11) is 1.54. The van der Waals surface area contributed by atoms with E-state index >= 15 is 0 Å². The Morgan fingerprint density at radius 2 is 1.86 bits per heavy atom. The fourth-order valence-electron chi connectivity index (χ4n) is 1.92. The number of amides is 1. The van der Waals surface area contributed by atoms with Gasteiger partial charge in [-0.25, -0.2) is 0 Å². The molecule has 0 atom stereocenters. The van der Waals surface area contributed by atoms with E-state index in [-0.39, 0.29) is 37.0 Å². The molecule has 2 rings (SSSR count). The first-order chi connectivity index (χ1) is 9.56. The maximum Gasteiger partial charge on any atom is 0.268 e. The van der Waals surface area contributed by atoms with E-state index in [1.807, 2.05) is 18.2 Å². The van der Waals surface area contributed by atoms with Crippen molar-refractivity contribution in [2.45, 2.75) is 6.61 Å². The first-order valence-electron chi connectivity index (χ1n) is 5.85. The van der Waals surface area contributed by atoms with Crippen LogP contribution in [0.15, 0.2) is 45.7 Å². The zero-order valence-electron chi connectivity index (χ0n) is 11.6. The van der Waals surface area contributed by atoms with E-state index in [1.54, 1.807) is 12.1 Å². The molecule has 22 heavy (non-hydrogen) atoms. The Morgan fingerprint density at radius 3 is 2.36 bits per heavy atom. The Morgan fingerprint density at radius 1 is 1.27 bits per heavy atom. The fraction of sp³-hybridized carbons (Fsp3) is 0.143. The van der Waals surface area contributed by atoms with Crippen molar-refractivity contribution in [1.29, 1.82) is 0 Å². The van der Waals surface area contributed by atoms with E-state index in [0.29, 0.717) is 15.9 Å². The van der Waals surface area contributed by atoms with Crippen molar-refractivity contribution in [3.05, 3.63) is 62.5 Å². The number of hydrogen-bond donors (Lipinski definition) is 1. The van der Waals surface area contributed by atoms with Gasteiger partial charge in [0.15, 0.2) is 0 Å². The van der Waals surface area contributed by atoms with Gasteiger partial charge in [-0.2, -0.15) is 0 Å². The summed E-state index contributed by atoms with van der Waals surface area (Å²) in [4.78, 5) is 23.8. The molecule has 0 aliphatic carbocycles. The van der Waals surface area contributed by atoms with E-state index in [4.69, 9.17) is 10.5 Å². The lowest BCUT2D eigenvalue weighted by Gasteiger charge is -2.15. The quantitative estimate of drug-likeness (QED) is 0.843. The molecule has 1 amide bonds. The SMILES string of the molecule is COCc1c(Br)cc(C(N)=O)c(=O)n1-c1ccccc1.Cl.Cl. The van der Waals surface area contributed by atoms with Crippen molar-refractivity contribution in [1.82, 2.24) is 4.57 Å². The van der Waals surface area contributed by atoms with Crippen LogP contribution in [-0.4, -0.2) is 17.6 Å². The number of halogens is 3. The second-order valence-corrected chi connectivity index (χ2v) is 4.98. The smallest absolute Gasteiger partial charge is 0.268 e. The summed E-state index contributed by atoms with van der Waals surface area (Å²) in [5, 5.41) is 0. The van der Waals surface area contributed by atoms with Gasteiger partial charge >= 0.3 is 0 Å². The molecule has 5 nitrogen and oxygen atoms in total. The maximum atomic E-state index is 12.4. The number of nitrogens with two attached hydrogens (primary N) is 1. The number of benzene rings is 1. The van der Waals surface area contributed by atoms with Gasteiger partial charge < -0.3 is 10.5 Å². The molecule has 8 heteroatoms. The van der Waals surface area contributed by atoms with Gasteiger partial charge in [0, 0.05) is 17.3 Å². The van der Waals surface area contributed by atoms with Gasteiger partial charge in [0.25, 0.3) is 11.5 Å². The van der Waals surface area contributed by atoms with Crippen molar-refractivity contribution in [2.75, 3.05) is 7.11 Å². The number of nitrogens with zero attached hydrogens (tertiary/aromatic N) is 1. The van der Waals surface area contributed by atoms with E-state index in [9.17, 15) is 9.59 Å². The molecule has 0 aliphatic rings. The van der Waals surface area contributed by atoms with Crippen molar-refractivity contribution < 1.29 is 9.53 Å². The van der Waals surface area contributed by atoms with Crippen molar-refractivity contribution in [3.63, 3.8) is 0 Å². The normalized spacial score (nSPS) is 9.55. The molecule has 0 bridgehead atoms. The molecule has 0 fully saturated rings. The third kappa shape index (κ3) is 4.10. The Balaban J connectivity index is 0.00000220. The molecule has 0 saturated heterocycles. The van der Waals surface area contributed by atoms with Crippen molar-refractivity contribution in [2.24, 2.45) is 5.73 Å². The second kappa shape index (κ2) is 8.95. The Labute approximate surface area is 148 Å². The monoisotopic (exact) mass is 408 g/mol. The van der Waals surface area contributed by atoms with Gasteiger partial charge in [-0.15, -0.1) is 24.8 Å². The minimum atomic E-state index is -0.760. The highest BCUT2D eigenvalue weighted by atomic mass is 79.9. The van der Waals surface area contributed by atoms with Crippen LogP contribution in [-0.2, 0) is 11.3 Å². The first kappa shape index (κ1) is 20.7. The van der Waals surface area contributed by atoms with E-state index in [0.717, 1.165) is 0 Å². The maximum absolute atomic E-state index is 12.4. The molecule has 0 saturated carbocycles. The average Bonchev–Trinajstić information content (AvgIpc) is 2.43. The molecular weight excluding hydrogens is 395 g/mol. The second-order valence-electron chi connectivity index (χ2n) is 4.13. The van der Waals surface area contributed by atoms with Gasteiger partial charge in [-0.1, -0.05) is 18.2 Å². The molecule has 1 aromatic heterocycles. The minimum absolute atomic E-state index is 0. The van der Waals surface area contributed by atoms with Gasteiger partial charge in [0.1, 0.15) is 5.56 Å². The van der Waals surface area contributed by atoms with Crippen molar-refractivity contribution in [3.8, 4) is 5.69 Å². The predicted octanol–water partition coefficient (Wildman–Crippen LogP) is 2.69. The molecule has 1 heterocycles. The van der Waals surface area contributed by atoms with Gasteiger partial charge in [-0.3, -0.25) is 14.2 Å². The number of para-hydroxylation sites is 1. The lowest BCUT2D eigenvalue weighted by atomic mass is 10.2. The zero-order chi connectivity index (χ0) is 14.7. The summed E-state index contributed by atoms with van der Waals surface area (Å²) in [6, 6.07) is 10.4. The van der Waals surface area contributed by atoms with E-state index in [2.05, 4.69) is 15.9 Å². The lowest BCUT2D eigenvalue weighted by molar-refractivity contribution is 0.0998. The Kier molecular flexibility index (Phi) is 8.40. The lowest BCUT2D eigenvalue weighted by Crippen LogP contribution is -2.31. The number of primary amides is 1. The molecule has 0 unspecified atom stereocenters. The summed E-state index contributed by atoms with van der Waals surface area (Å²) < 4.78 is 7.14. The number of carbonyl (C=O) groups excluding carboxylic acids is 1. The Hall–Kier alpha value is -1.34. The molecule has 0 radical (unpaired) electrons. The standard InChI is InChI=1S/C14H13BrN2O3.2ClH/c1-20-8-12-11(15)7-10(13(16)18)14(19)17(12)9-5-3-2-4-6-9;;/h2-7H,8H2,1H3,(H2,16,18);2*1H. The summed E-state index contributed by atoms with van der Waals surface area (Å²) in [5.74, 6) is -0.760. The largest absolute Gasteiger partial charge is 0.378 e. The molecule has 120 valence electrons. The third-order valence-electron chi connectivity index (χ3n) is 2.81.